The number of halogens is 1. The number of hydrogen-bond acceptors (Lipinski definition) is 6. The van der Waals surface area contributed by atoms with Crippen molar-refractivity contribution in [2.24, 2.45) is 0 Å². The minimum Gasteiger partial charge on any atom is -0.376 e. The van der Waals surface area contributed by atoms with Gasteiger partial charge in [0, 0.05) is 32.9 Å². The molecule has 1 aliphatic heterocycles. The van der Waals surface area contributed by atoms with Crippen molar-refractivity contribution in [3.8, 4) is 0 Å². The first-order chi connectivity index (χ1) is 14.6. The number of carbonyl (C=O) groups excluding carboxylic acids is 1. The smallest absolute Gasteiger partial charge is 0.276 e. The van der Waals surface area contributed by atoms with Crippen molar-refractivity contribution in [1.82, 2.24) is 19.9 Å². The molecule has 30 heavy (non-hydrogen) atoms. The minimum absolute atomic E-state index is 0.0298. The van der Waals surface area contributed by atoms with Gasteiger partial charge in [-0.25, -0.2) is 9.07 Å². The molecule has 9 heteroatoms. The van der Waals surface area contributed by atoms with Gasteiger partial charge < -0.3 is 19.1 Å². The number of hydrogen-bond donors (Lipinski definition) is 0. The van der Waals surface area contributed by atoms with Gasteiger partial charge >= 0.3 is 0 Å². The van der Waals surface area contributed by atoms with Crippen molar-refractivity contribution in [3.63, 3.8) is 0 Å². The van der Waals surface area contributed by atoms with Crippen LogP contribution in [0, 0.1) is 5.82 Å². The Hall–Kier alpha value is -2.36. The van der Waals surface area contributed by atoms with Crippen molar-refractivity contribution in [2.75, 3.05) is 26.4 Å². The molecule has 8 nitrogen and oxygen atoms in total. The van der Waals surface area contributed by atoms with Gasteiger partial charge in [-0.1, -0.05) is 17.3 Å². The summed E-state index contributed by atoms with van der Waals surface area (Å²) in [6.45, 7) is 6.50. The third kappa shape index (κ3) is 6.32. The van der Waals surface area contributed by atoms with Crippen molar-refractivity contribution in [2.45, 2.75) is 52.2 Å². The second-order valence-electron chi connectivity index (χ2n) is 7.12. The fourth-order valence-electron chi connectivity index (χ4n) is 3.43. The molecule has 1 amide bonds. The van der Waals surface area contributed by atoms with Crippen LogP contribution in [0.1, 0.15) is 42.7 Å². The Balaban J connectivity index is 1.72. The van der Waals surface area contributed by atoms with Gasteiger partial charge in [-0.15, -0.1) is 5.10 Å². The average molecular weight is 420 g/mol. The maximum atomic E-state index is 13.6. The number of ether oxygens (including phenoxy) is 3. The second kappa shape index (κ2) is 11.1. The number of nitrogens with zero attached hydrogens (tertiary/aromatic N) is 4. The third-order valence-electron chi connectivity index (χ3n) is 4.80. The molecule has 1 aromatic heterocycles. The normalized spacial score (nSPS) is 16.3. The first kappa shape index (κ1) is 22.3. The highest BCUT2D eigenvalue weighted by Crippen LogP contribution is 2.17. The molecule has 1 unspecified atom stereocenters. The summed E-state index contributed by atoms with van der Waals surface area (Å²) in [5, 5.41) is 8.08. The summed E-state index contributed by atoms with van der Waals surface area (Å²) in [4.78, 5) is 14.8. The molecule has 1 fully saturated rings. The largest absolute Gasteiger partial charge is 0.376 e. The quantitative estimate of drug-likeness (QED) is 0.520. The molecule has 0 spiro atoms. The van der Waals surface area contributed by atoms with Gasteiger partial charge in [0.05, 0.1) is 18.8 Å². The molecule has 3 rings (SSSR count). The summed E-state index contributed by atoms with van der Waals surface area (Å²) in [5.41, 5.74) is 0.928. The predicted octanol–water partition coefficient (Wildman–Crippen LogP) is 2.64. The van der Waals surface area contributed by atoms with Gasteiger partial charge in [-0.2, -0.15) is 0 Å². The molecule has 2 aromatic rings. The zero-order chi connectivity index (χ0) is 21.3. The molecule has 0 bridgehead atoms. The van der Waals surface area contributed by atoms with Gasteiger partial charge in [0.2, 0.25) is 0 Å². The Morgan fingerprint density at radius 1 is 1.37 bits per heavy atom. The molecule has 164 valence electrons. The van der Waals surface area contributed by atoms with E-state index in [-0.39, 0.29) is 30.1 Å². The number of aromatic nitrogens is 3. The SMILES string of the molecule is CCOC(Cn1cc(C(=O)N(Cc2cccc(F)c2)CC2CCCO2)nn1)OCC. The van der Waals surface area contributed by atoms with E-state index in [0.717, 1.165) is 12.8 Å². The maximum Gasteiger partial charge on any atom is 0.276 e. The van der Waals surface area contributed by atoms with Crippen LogP contribution in [0.5, 0.6) is 0 Å². The van der Waals surface area contributed by atoms with Crippen LogP contribution in [0.3, 0.4) is 0 Å². The lowest BCUT2D eigenvalue weighted by Gasteiger charge is -2.24. The van der Waals surface area contributed by atoms with E-state index < -0.39 is 6.29 Å². The molecule has 0 N–H and O–H groups in total. The fraction of sp³-hybridized carbons (Fsp3) is 0.571. The summed E-state index contributed by atoms with van der Waals surface area (Å²) < 4.78 is 31.9. The van der Waals surface area contributed by atoms with E-state index in [4.69, 9.17) is 14.2 Å². The molecule has 0 saturated carbocycles. The summed E-state index contributed by atoms with van der Waals surface area (Å²) in [5.74, 6) is -0.605. The predicted molar refractivity (Wildman–Crippen MR) is 107 cm³/mol. The van der Waals surface area contributed by atoms with E-state index in [0.29, 0.717) is 38.5 Å². The lowest BCUT2D eigenvalue weighted by molar-refractivity contribution is -0.145. The first-order valence-electron chi connectivity index (χ1n) is 10.4. The van der Waals surface area contributed by atoms with Crippen LogP contribution in [-0.4, -0.2) is 64.6 Å². The summed E-state index contributed by atoms with van der Waals surface area (Å²) in [7, 11) is 0. The van der Waals surface area contributed by atoms with E-state index in [1.54, 1.807) is 23.2 Å². The first-order valence-corrected chi connectivity index (χ1v) is 10.4. The highest BCUT2D eigenvalue weighted by molar-refractivity contribution is 5.91. The van der Waals surface area contributed by atoms with Crippen LogP contribution in [0.4, 0.5) is 4.39 Å². The average Bonchev–Trinajstić information content (AvgIpc) is 3.40. The lowest BCUT2D eigenvalue weighted by Crippen LogP contribution is -2.37. The zero-order valence-corrected chi connectivity index (χ0v) is 17.5. The third-order valence-corrected chi connectivity index (χ3v) is 4.80. The van der Waals surface area contributed by atoms with Crippen LogP contribution in [-0.2, 0) is 27.3 Å². The van der Waals surface area contributed by atoms with Crippen LogP contribution >= 0.6 is 0 Å². The Labute approximate surface area is 175 Å². The van der Waals surface area contributed by atoms with E-state index in [9.17, 15) is 9.18 Å². The maximum absolute atomic E-state index is 13.6. The Bertz CT molecular complexity index is 804. The molecule has 1 atom stereocenters. The lowest BCUT2D eigenvalue weighted by atomic mass is 10.1. The van der Waals surface area contributed by atoms with Crippen LogP contribution in [0.25, 0.3) is 0 Å². The highest BCUT2D eigenvalue weighted by atomic mass is 19.1. The van der Waals surface area contributed by atoms with E-state index >= 15 is 0 Å². The summed E-state index contributed by atoms with van der Waals surface area (Å²) in [6, 6.07) is 6.25. The topological polar surface area (TPSA) is 78.7 Å². The Kier molecular flexibility index (Phi) is 8.30. The van der Waals surface area contributed by atoms with Crippen molar-refractivity contribution in [3.05, 3.63) is 47.5 Å². The summed E-state index contributed by atoms with van der Waals surface area (Å²) in [6.07, 6.45) is 2.96. The van der Waals surface area contributed by atoms with Gasteiger partial charge in [-0.3, -0.25) is 4.79 Å². The van der Waals surface area contributed by atoms with Crippen molar-refractivity contribution >= 4 is 5.91 Å². The highest BCUT2D eigenvalue weighted by Gasteiger charge is 2.26. The van der Waals surface area contributed by atoms with Gasteiger partial charge in [0.15, 0.2) is 12.0 Å². The van der Waals surface area contributed by atoms with Crippen LogP contribution in [0.15, 0.2) is 30.5 Å². The number of rotatable bonds is 11. The number of benzene rings is 1. The van der Waals surface area contributed by atoms with Gasteiger partial charge in [0.1, 0.15) is 5.82 Å². The van der Waals surface area contributed by atoms with Crippen LogP contribution in [0.2, 0.25) is 0 Å². The number of carbonyl (C=O) groups is 1. The fourth-order valence-corrected chi connectivity index (χ4v) is 3.43. The standard InChI is InChI=1S/C21H29FN4O4/c1-3-28-20(29-4-2)15-26-14-19(23-24-26)21(27)25(13-18-9-6-10-30-18)12-16-7-5-8-17(22)11-16/h5,7-8,11,14,18,20H,3-4,6,9-10,12-13,15H2,1-2H3. The molecule has 1 aliphatic rings. The van der Waals surface area contributed by atoms with Gasteiger partial charge in [-0.05, 0) is 44.4 Å². The molecular weight excluding hydrogens is 391 g/mol. The molecule has 0 aliphatic carbocycles. The van der Waals surface area contributed by atoms with E-state index in [1.165, 1.54) is 16.8 Å². The number of amides is 1. The van der Waals surface area contributed by atoms with Gasteiger partial charge in [0.25, 0.3) is 5.91 Å². The van der Waals surface area contributed by atoms with E-state index in [2.05, 4.69) is 10.3 Å². The summed E-state index contributed by atoms with van der Waals surface area (Å²) >= 11 is 0. The minimum atomic E-state index is -0.458. The van der Waals surface area contributed by atoms with Crippen molar-refractivity contribution < 1.29 is 23.4 Å². The Morgan fingerprint density at radius 3 is 2.83 bits per heavy atom. The second-order valence-corrected chi connectivity index (χ2v) is 7.12. The van der Waals surface area contributed by atoms with Crippen molar-refractivity contribution in [1.29, 1.82) is 0 Å². The monoisotopic (exact) mass is 420 g/mol. The molecular formula is C21H29FN4O4. The molecule has 1 saturated heterocycles. The zero-order valence-electron chi connectivity index (χ0n) is 17.5. The molecule has 2 heterocycles. The van der Waals surface area contributed by atoms with Crippen LogP contribution < -0.4 is 0 Å². The molecule has 0 radical (unpaired) electrons. The Morgan fingerprint density at radius 2 is 2.17 bits per heavy atom. The van der Waals surface area contributed by atoms with E-state index in [1.807, 2.05) is 13.8 Å². The molecule has 1 aromatic carbocycles.